The van der Waals surface area contributed by atoms with E-state index in [1.807, 2.05) is 42.2 Å². The van der Waals surface area contributed by atoms with Crippen LogP contribution in [-0.4, -0.2) is 55.0 Å². The molecule has 1 aromatic carbocycles. The molecular formula is C20H30N2O2. The molecule has 2 atom stereocenters. The lowest BCUT2D eigenvalue weighted by molar-refractivity contribution is -0.142. The Labute approximate surface area is 145 Å². The minimum Gasteiger partial charge on any atom is -0.364 e. The normalized spacial score (nSPS) is 24.2. The molecule has 3 rings (SSSR count). The Morgan fingerprint density at radius 1 is 1.12 bits per heavy atom. The molecule has 0 aromatic heterocycles. The summed E-state index contributed by atoms with van der Waals surface area (Å²) in [6, 6.07) is 10.0. The number of nitrogens with zero attached hydrogens (tertiary/aromatic N) is 2. The van der Waals surface area contributed by atoms with Crippen molar-refractivity contribution in [3.8, 4) is 0 Å². The maximum absolute atomic E-state index is 12.6. The SMILES string of the molecule is CC(OCc1ccccc1)C(=O)N1CCC(C2CCN(C)CC2)C1. The predicted molar refractivity (Wildman–Crippen MR) is 95.6 cm³/mol. The Hall–Kier alpha value is -1.39. The summed E-state index contributed by atoms with van der Waals surface area (Å²) < 4.78 is 5.80. The third kappa shape index (κ3) is 4.37. The second-order valence-corrected chi connectivity index (χ2v) is 7.41. The molecule has 0 spiro atoms. The monoisotopic (exact) mass is 330 g/mol. The zero-order valence-electron chi connectivity index (χ0n) is 15.0. The Kier molecular flexibility index (Phi) is 5.90. The van der Waals surface area contributed by atoms with Crippen LogP contribution in [0.4, 0.5) is 0 Å². The molecule has 1 amide bonds. The summed E-state index contributed by atoms with van der Waals surface area (Å²) >= 11 is 0. The molecular weight excluding hydrogens is 300 g/mol. The summed E-state index contributed by atoms with van der Waals surface area (Å²) in [6.45, 7) is 6.60. The van der Waals surface area contributed by atoms with Crippen molar-refractivity contribution < 1.29 is 9.53 Å². The third-order valence-corrected chi connectivity index (χ3v) is 5.66. The largest absolute Gasteiger partial charge is 0.364 e. The Morgan fingerprint density at radius 2 is 1.79 bits per heavy atom. The minimum atomic E-state index is -0.360. The highest BCUT2D eigenvalue weighted by molar-refractivity contribution is 5.80. The van der Waals surface area contributed by atoms with Gasteiger partial charge in [0.1, 0.15) is 6.10 Å². The minimum absolute atomic E-state index is 0.154. The van der Waals surface area contributed by atoms with Gasteiger partial charge in [-0.1, -0.05) is 30.3 Å². The van der Waals surface area contributed by atoms with E-state index < -0.39 is 0 Å². The van der Waals surface area contributed by atoms with Crippen LogP contribution in [0, 0.1) is 11.8 Å². The fourth-order valence-corrected chi connectivity index (χ4v) is 4.00. The maximum Gasteiger partial charge on any atom is 0.251 e. The average Bonchev–Trinajstić information content (AvgIpc) is 3.10. The molecule has 2 aliphatic rings. The molecule has 0 bridgehead atoms. The first-order valence-corrected chi connectivity index (χ1v) is 9.26. The lowest BCUT2D eigenvalue weighted by atomic mass is 9.84. The zero-order chi connectivity index (χ0) is 16.9. The van der Waals surface area contributed by atoms with Crippen LogP contribution in [0.15, 0.2) is 30.3 Å². The van der Waals surface area contributed by atoms with Crippen molar-refractivity contribution in [1.82, 2.24) is 9.80 Å². The number of hydrogen-bond donors (Lipinski definition) is 0. The number of likely N-dealkylation sites (tertiary alicyclic amines) is 2. The molecule has 132 valence electrons. The van der Waals surface area contributed by atoms with E-state index in [9.17, 15) is 4.79 Å². The molecule has 0 saturated carbocycles. The Morgan fingerprint density at radius 3 is 2.50 bits per heavy atom. The first-order chi connectivity index (χ1) is 11.6. The first kappa shape index (κ1) is 17.4. The number of hydrogen-bond acceptors (Lipinski definition) is 3. The van der Waals surface area contributed by atoms with Gasteiger partial charge in [-0.25, -0.2) is 0 Å². The highest BCUT2D eigenvalue weighted by atomic mass is 16.5. The van der Waals surface area contributed by atoms with E-state index in [0.717, 1.165) is 31.0 Å². The van der Waals surface area contributed by atoms with Gasteiger partial charge >= 0.3 is 0 Å². The fourth-order valence-electron chi connectivity index (χ4n) is 4.00. The van der Waals surface area contributed by atoms with E-state index >= 15 is 0 Å². The van der Waals surface area contributed by atoms with Gasteiger partial charge in [-0.2, -0.15) is 0 Å². The molecule has 4 nitrogen and oxygen atoms in total. The fraction of sp³-hybridized carbons (Fsp3) is 0.650. The predicted octanol–water partition coefficient (Wildman–Crippen LogP) is 2.78. The number of benzene rings is 1. The molecule has 24 heavy (non-hydrogen) atoms. The van der Waals surface area contributed by atoms with Crippen molar-refractivity contribution in [3.05, 3.63) is 35.9 Å². The molecule has 0 radical (unpaired) electrons. The Bertz CT molecular complexity index is 526. The van der Waals surface area contributed by atoms with Crippen LogP contribution >= 0.6 is 0 Å². The van der Waals surface area contributed by atoms with E-state index in [1.165, 1.54) is 25.9 Å². The topological polar surface area (TPSA) is 32.8 Å². The zero-order valence-corrected chi connectivity index (χ0v) is 15.0. The highest BCUT2D eigenvalue weighted by Crippen LogP contribution is 2.31. The summed E-state index contributed by atoms with van der Waals surface area (Å²) in [7, 11) is 2.20. The molecule has 2 aliphatic heterocycles. The van der Waals surface area contributed by atoms with Gasteiger partial charge in [0.15, 0.2) is 0 Å². The van der Waals surface area contributed by atoms with E-state index in [-0.39, 0.29) is 12.0 Å². The summed E-state index contributed by atoms with van der Waals surface area (Å²) in [4.78, 5) is 17.1. The molecule has 2 saturated heterocycles. The number of carbonyl (C=O) groups excluding carboxylic acids is 1. The van der Waals surface area contributed by atoms with Gasteiger partial charge in [0.25, 0.3) is 5.91 Å². The van der Waals surface area contributed by atoms with Crippen LogP contribution in [0.25, 0.3) is 0 Å². The molecule has 2 heterocycles. The molecule has 4 heteroatoms. The van der Waals surface area contributed by atoms with Crippen molar-refractivity contribution in [2.24, 2.45) is 11.8 Å². The number of ether oxygens (including phenoxy) is 1. The van der Waals surface area contributed by atoms with Gasteiger partial charge < -0.3 is 14.5 Å². The highest BCUT2D eigenvalue weighted by Gasteiger charge is 2.34. The second-order valence-electron chi connectivity index (χ2n) is 7.41. The smallest absolute Gasteiger partial charge is 0.251 e. The van der Waals surface area contributed by atoms with E-state index in [4.69, 9.17) is 4.74 Å². The van der Waals surface area contributed by atoms with E-state index in [1.54, 1.807) is 0 Å². The van der Waals surface area contributed by atoms with Crippen molar-refractivity contribution in [2.75, 3.05) is 33.2 Å². The molecule has 2 unspecified atom stereocenters. The second kappa shape index (κ2) is 8.13. The van der Waals surface area contributed by atoms with Crippen LogP contribution in [0.3, 0.4) is 0 Å². The molecule has 0 N–H and O–H groups in total. The summed E-state index contributed by atoms with van der Waals surface area (Å²) in [6.07, 6.45) is 3.36. The standard InChI is InChI=1S/C20H30N2O2/c1-16(24-15-17-6-4-3-5-7-17)20(23)22-13-10-19(14-22)18-8-11-21(2)12-9-18/h3-7,16,18-19H,8-15H2,1-2H3. The molecule has 0 aliphatic carbocycles. The first-order valence-electron chi connectivity index (χ1n) is 9.26. The van der Waals surface area contributed by atoms with Crippen molar-refractivity contribution in [1.29, 1.82) is 0 Å². The number of piperidine rings is 1. The average molecular weight is 330 g/mol. The summed E-state index contributed by atoms with van der Waals surface area (Å²) in [5.74, 6) is 1.63. The van der Waals surface area contributed by atoms with Crippen LogP contribution in [0.5, 0.6) is 0 Å². The summed E-state index contributed by atoms with van der Waals surface area (Å²) in [5.41, 5.74) is 1.11. The van der Waals surface area contributed by atoms with Crippen LogP contribution in [0.2, 0.25) is 0 Å². The summed E-state index contributed by atoms with van der Waals surface area (Å²) in [5, 5.41) is 0. The van der Waals surface area contributed by atoms with Crippen molar-refractivity contribution >= 4 is 5.91 Å². The number of amides is 1. The van der Waals surface area contributed by atoms with Gasteiger partial charge in [-0.05, 0) is 63.7 Å². The van der Waals surface area contributed by atoms with Gasteiger partial charge in [0.05, 0.1) is 6.61 Å². The lowest BCUT2D eigenvalue weighted by Gasteiger charge is -2.32. The molecule has 2 fully saturated rings. The Balaban J connectivity index is 1.45. The van der Waals surface area contributed by atoms with Gasteiger partial charge in [0, 0.05) is 13.1 Å². The third-order valence-electron chi connectivity index (χ3n) is 5.66. The van der Waals surface area contributed by atoms with Gasteiger partial charge in [-0.3, -0.25) is 4.79 Å². The number of rotatable bonds is 5. The van der Waals surface area contributed by atoms with Crippen molar-refractivity contribution in [3.63, 3.8) is 0 Å². The molecule has 1 aromatic rings. The van der Waals surface area contributed by atoms with E-state index in [2.05, 4.69) is 11.9 Å². The lowest BCUT2D eigenvalue weighted by Crippen LogP contribution is -2.39. The van der Waals surface area contributed by atoms with E-state index in [0.29, 0.717) is 12.5 Å². The van der Waals surface area contributed by atoms with Crippen LogP contribution < -0.4 is 0 Å². The van der Waals surface area contributed by atoms with Crippen LogP contribution in [-0.2, 0) is 16.1 Å². The van der Waals surface area contributed by atoms with Crippen LogP contribution in [0.1, 0.15) is 31.7 Å². The quantitative estimate of drug-likeness (QED) is 0.832. The maximum atomic E-state index is 12.6. The van der Waals surface area contributed by atoms with Gasteiger partial charge in [0.2, 0.25) is 0 Å². The van der Waals surface area contributed by atoms with Gasteiger partial charge in [-0.15, -0.1) is 0 Å². The number of carbonyl (C=O) groups is 1. The van der Waals surface area contributed by atoms with Crippen molar-refractivity contribution in [2.45, 2.75) is 38.9 Å².